The molecule has 3 nitrogen and oxygen atoms in total. The largest absolute Gasteiger partial charge is 0.383 e. The third-order valence-corrected chi connectivity index (χ3v) is 4.13. The Kier molecular flexibility index (Phi) is 3.38. The van der Waals surface area contributed by atoms with Gasteiger partial charge in [-0.2, -0.15) is 0 Å². The average molecular weight is 336 g/mol. The van der Waals surface area contributed by atoms with Crippen LogP contribution in [-0.4, -0.2) is 9.55 Å². The van der Waals surface area contributed by atoms with Crippen LogP contribution in [0.25, 0.3) is 11.3 Å². The molecule has 1 saturated carbocycles. The second kappa shape index (κ2) is 5.05. The Morgan fingerprint density at radius 1 is 1.50 bits per heavy atom. The highest BCUT2D eigenvalue weighted by atomic mass is 79.9. The predicted octanol–water partition coefficient (Wildman–Crippen LogP) is 4.10. The summed E-state index contributed by atoms with van der Waals surface area (Å²) in [4.78, 5) is 4.64. The molecule has 104 valence electrons. The molecule has 2 N–H and O–H groups in total. The van der Waals surface area contributed by atoms with E-state index in [4.69, 9.17) is 5.73 Å². The number of aromatic nitrogens is 2. The minimum atomic E-state index is -0.312. The molecular weight excluding hydrogens is 321 g/mol. The third kappa shape index (κ3) is 2.26. The zero-order valence-corrected chi connectivity index (χ0v) is 12.5. The first-order valence-electron chi connectivity index (χ1n) is 6.54. The third-order valence-electron chi connectivity index (χ3n) is 3.48. The average Bonchev–Trinajstić information content (AvgIpc) is 3.21. The summed E-state index contributed by atoms with van der Waals surface area (Å²) in [6, 6.07) is 4.95. The van der Waals surface area contributed by atoms with Gasteiger partial charge in [-0.25, -0.2) is 9.37 Å². The Morgan fingerprint density at radius 2 is 2.25 bits per heavy atom. The number of anilines is 1. The molecule has 5 heteroatoms. The van der Waals surface area contributed by atoms with Gasteiger partial charge in [0.05, 0.1) is 4.47 Å². The van der Waals surface area contributed by atoms with Crippen LogP contribution in [0.15, 0.2) is 35.3 Å². The zero-order chi connectivity index (χ0) is 14.3. The first-order valence-corrected chi connectivity index (χ1v) is 7.33. The first-order chi connectivity index (χ1) is 9.61. The van der Waals surface area contributed by atoms with Crippen LogP contribution >= 0.6 is 15.9 Å². The van der Waals surface area contributed by atoms with E-state index >= 15 is 0 Å². The van der Waals surface area contributed by atoms with Gasteiger partial charge in [0.1, 0.15) is 23.2 Å². The maximum absolute atomic E-state index is 13.7. The number of rotatable bonds is 4. The number of nitrogen functional groups attached to an aromatic ring is 1. The molecule has 0 amide bonds. The Hall–Kier alpha value is -1.62. The van der Waals surface area contributed by atoms with E-state index in [9.17, 15) is 4.39 Å². The van der Waals surface area contributed by atoms with Crippen molar-refractivity contribution in [1.29, 1.82) is 0 Å². The molecule has 3 rings (SSSR count). The van der Waals surface area contributed by atoms with Crippen LogP contribution in [0.4, 0.5) is 10.2 Å². The fourth-order valence-electron chi connectivity index (χ4n) is 2.31. The summed E-state index contributed by atoms with van der Waals surface area (Å²) in [6.07, 6.45) is 4.08. The minimum Gasteiger partial charge on any atom is -0.383 e. The summed E-state index contributed by atoms with van der Waals surface area (Å²) in [5.41, 5.74) is 7.55. The van der Waals surface area contributed by atoms with Gasteiger partial charge < -0.3 is 10.3 Å². The number of benzene rings is 1. The molecule has 0 atom stereocenters. The van der Waals surface area contributed by atoms with E-state index in [-0.39, 0.29) is 5.82 Å². The lowest BCUT2D eigenvalue weighted by molar-refractivity contribution is 0.621. The monoisotopic (exact) mass is 335 g/mol. The fourth-order valence-corrected chi connectivity index (χ4v) is 2.56. The quantitative estimate of drug-likeness (QED) is 0.855. The lowest BCUT2D eigenvalue weighted by Gasteiger charge is -2.06. The van der Waals surface area contributed by atoms with Gasteiger partial charge >= 0.3 is 0 Å². The Balaban J connectivity index is 2.10. The SMILES string of the molecule is C=CCn1c(C2CC2)nc(-c2ccc(Br)c(F)c2)c1N. The molecule has 0 unspecified atom stereocenters. The van der Waals surface area contributed by atoms with E-state index in [0.717, 1.165) is 18.7 Å². The molecule has 1 heterocycles. The molecule has 0 aliphatic heterocycles. The molecule has 2 aromatic rings. The molecule has 1 aromatic carbocycles. The highest BCUT2D eigenvalue weighted by Gasteiger charge is 2.30. The summed E-state index contributed by atoms with van der Waals surface area (Å²) in [5, 5.41) is 0. The Labute approximate surface area is 125 Å². The van der Waals surface area contributed by atoms with Gasteiger partial charge in [0, 0.05) is 18.0 Å². The standard InChI is InChI=1S/C15H15BrFN3/c1-2-7-20-14(18)13(19-15(20)9-3-4-9)10-5-6-11(16)12(17)8-10/h2,5-6,8-9H,1,3-4,7,18H2. The lowest BCUT2D eigenvalue weighted by atomic mass is 10.1. The summed E-state index contributed by atoms with van der Waals surface area (Å²) in [7, 11) is 0. The highest BCUT2D eigenvalue weighted by Crippen LogP contribution is 2.42. The lowest BCUT2D eigenvalue weighted by Crippen LogP contribution is -2.05. The van der Waals surface area contributed by atoms with Gasteiger partial charge in [0.25, 0.3) is 0 Å². The van der Waals surface area contributed by atoms with Gasteiger partial charge in [-0.05, 0) is 40.9 Å². The van der Waals surface area contributed by atoms with E-state index in [2.05, 4.69) is 27.5 Å². The number of allylic oxidation sites excluding steroid dienone is 1. The van der Waals surface area contributed by atoms with E-state index in [1.54, 1.807) is 12.1 Å². The van der Waals surface area contributed by atoms with Crippen molar-refractivity contribution in [3.05, 3.63) is 47.0 Å². The van der Waals surface area contributed by atoms with Gasteiger partial charge in [0.15, 0.2) is 0 Å². The maximum atomic E-state index is 13.7. The molecule has 1 aliphatic rings. The second-order valence-electron chi connectivity index (χ2n) is 5.01. The van der Waals surface area contributed by atoms with Crippen LogP contribution in [0, 0.1) is 5.82 Å². The van der Waals surface area contributed by atoms with Crippen LogP contribution in [0.1, 0.15) is 24.6 Å². The van der Waals surface area contributed by atoms with Crippen LogP contribution in [0.3, 0.4) is 0 Å². The number of hydrogen-bond acceptors (Lipinski definition) is 2. The molecule has 0 spiro atoms. The number of nitrogens with zero attached hydrogens (tertiary/aromatic N) is 2. The van der Waals surface area contributed by atoms with Gasteiger partial charge in [0.2, 0.25) is 0 Å². The summed E-state index contributed by atoms with van der Waals surface area (Å²) in [5.74, 6) is 1.73. The van der Waals surface area contributed by atoms with Gasteiger partial charge in [-0.15, -0.1) is 6.58 Å². The molecule has 20 heavy (non-hydrogen) atoms. The van der Waals surface area contributed by atoms with Gasteiger partial charge in [-0.3, -0.25) is 0 Å². The number of imidazole rings is 1. The van der Waals surface area contributed by atoms with Crippen LogP contribution in [0.5, 0.6) is 0 Å². The summed E-state index contributed by atoms with van der Waals surface area (Å²) >= 11 is 3.15. The summed E-state index contributed by atoms with van der Waals surface area (Å²) in [6.45, 7) is 4.38. The number of nitrogens with two attached hydrogens (primary N) is 1. The highest BCUT2D eigenvalue weighted by molar-refractivity contribution is 9.10. The van der Waals surface area contributed by atoms with Crippen LogP contribution in [-0.2, 0) is 6.54 Å². The summed E-state index contributed by atoms with van der Waals surface area (Å²) < 4.78 is 16.1. The predicted molar refractivity (Wildman–Crippen MR) is 81.9 cm³/mol. The topological polar surface area (TPSA) is 43.8 Å². The van der Waals surface area contributed by atoms with E-state index in [0.29, 0.717) is 34.0 Å². The molecule has 1 aliphatic carbocycles. The second-order valence-corrected chi connectivity index (χ2v) is 5.86. The van der Waals surface area contributed by atoms with Crippen molar-refractivity contribution < 1.29 is 4.39 Å². The normalized spacial score (nSPS) is 14.5. The Morgan fingerprint density at radius 3 is 2.85 bits per heavy atom. The van der Waals surface area contributed by atoms with Crippen molar-refractivity contribution in [2.24, 2.45) is 0 Å². The fraction of sp³-hybridized carbons (Fsp3) is 0.267. The number of halogens is 2. The molecule has 0 radical (unpaired) electrons. The molecule has 1 fully saturated rings. The van der Waals surface area contributed by atoms with Crippen LogP contribution < -0.4 is 5.73 Å². The van der Waals surface area contributed by atoms with Crippen LogP contribution in [0.2, 0.25) is 0 Å². The molecule has 1 aromatic heterocycles. The Bertz CT molecular complexity index is 674. The molecule has 0 saturated heterocycles. The van der Waals surface area contributed by atoms with E-state index in [1.165, 1.54) is 6.07 Å². The van der Waals surface area contributed by atoms with Crippen molar-refractivity contribution in [2.45, 2.75) is 25.3 Å². The maximum Gasteiger partial charge on any atom is 0.138 e. The van der Waals surface area contributed by atoms with Crippen molar-refractivity contribution in [1.82, 2.24) is 9.55 Å². The van der Waals surface area contributed by atoms with E-state index < -0.39 is 0 Å². The number of hydrogen-bond donors (Lipinski definition) is 1. The van der Waals surface area contributed by atoms with Gasteiger partial charge in [-0.1, -0.05) is 12.1 Å². The van der Waals surface area contributed by atoms with Crippen molar-refractivity contribution in [3.8, 4) is 11.3 Å². The minimum absolute atomic E-state index is 0.312. The zero-order valence-electron chi connectivity index (χ0n) is 10.9. The van der Waals surface area contributed by atoms with Crippen molar-refractivity contribution >= 4 is 21.7 Å². The van der Waals surface area contributed by atoms with Crippen molar-refractivity contribution in [3.63, 3.8) is 0 Å². The first kappa shape index (κ1) is 13.4. The molecule has 0 bridgehead atoms. The smallest absolute Gasteiger partial charge is 0.138 e. The van der Waals surface area contributed by atoms with Crippen molar-refractivity contribution in [2.75, 3.05) is 5.73 Å². The van der Waals surface area contributed by atoms with E-state index in [1.807, 2.05) is 10.6 Å². The molecular formula is C15H15BrFN3.